The van der Waals surface area contributed by atoms with Crippen molar-refractivity contribution in [2.75, 3.05) is 46.9 Å². The fourth-order valence-corrected chi connectivity index (χ4v) is 2.87. The van der Waals surface area contributed by atoms with Gasteiger partial charge >= 0.3 is 0 Å². The molecule has 4 nitrogen and oxygen atoms in total. The van der Waals surface area contributed by atoms with Gasteiger partial charge in [-0.15, -0.1) is 0 Å². The van der Waals surface area contributed by atoms with E-state index >= 15 is 0 Å². The Bertz CT molecular complexity index is 195. The zero-order valence-electron chi connectivity index (χ0n) is 10.4. The van der Waals surface area contributed by atoms with Crippen LogP contribution in [0.1, 0.15) is 12.8 Å². The Morgan fingerprint density at radius 2 is 1.88 bits per heavy atom. The van der Waals surface area contributed by atoms with Gasteiger partial charge in [0.2, 0.25) is 0 Å². The van der Waals surface area contributed by atoms with Crippen LogP contribution in [0.3, 0.4) is 0 Å². The van der Waals surface area contributed by atoms with Crippen molar-refractivity contribution in [2.45, 2.75) is 25.0 Å². The van der Waals surface area contributed by atoms with Crippen molar-refractivity contribution in [1.82, 2.24) is 10.2 Å². The van der Waals surface area contributed by atoms with Crippen LogP contribution in [0.4, 0.5) is 0 Å². The number of hydrogen-bond donors (Lipinski definition) is 1. The second kappa shape index (κ2) is 5.96. The highest BCUT2D eigenvalue weighted by atomic mass is 16.5. The summed E-state index contributed by atoms with van der Waals surface area (Å²) in [6.07, 6.45) is 3.18. The SMILES string of the molecule is CO[C@H]1CN(CC2CCCNC2)C[C@H]1OC. The van der Waals surface area contributed by atoms with E-state index < -0.39 is 0 Å². The van der Waals surface area contributed by atoms with Gasteiger partial charge in [0.05, 0.1) is 12.2 Å². The van der Waals surface area contributed by atoms with Gasteiger partial charge < -0.3 is 14.8 Å². The summed E-state index contributed by atoms with van der Waals surface area (Å²) in [5.74, 6) is 0.807. The maximum Gasteiger partial charge on any atom is 0.0971 e. The molecule has 0 aromatic heterocycles. The Kier molecular flexibility index (Phi) is 4.58. The Morgan fingerprint density at radius 1 is 1.19 bits per heavy atom. The lowest BCUT2D eigenvalue weighted by Gasteiger charge is -2.27. The van der Waals surface area contributed by atoms with Crippen LogP contribution in [0.15, 0.2) is 0 Å². The number of ether oxygens (including phenoxy) is 2. The minimum absolute atomic E-state index is 0.251. The molecule has 2 aliphatic rings. The zero-order chi connectivity index (χ0) is 11.4. The lowest BCUT2D eigenvalue weighted by atomic mass is 9.99. The maximum absolute atomic E-state index is 5.45. The summed E-state index contributed by atoms with van der Waals surface area (Å²) in [4.78, 5) is 2.49. The smallest absolute Gasteiger partial charge is 0.0971 e. The molecule has 0 saturated carbocycles. The molecule has 3 atom stereocenters. The standard InChI is InChI=1S/C12H24N2O2/c1-15-11-8-14(9-12(11)16-2)7-10-4-3-5-13-6-10/h10-13H,3-9H2,1-2H3/t10?,11-,12+. The van der Waals surface area contributed by atoms with Crippen molar-refractivity contribution < 1.29 is 9.47 Å². The van der Waals surface area contributed by atoms with Gasteiger partial charge in [0.25, 0.3) is 0 Å². The van der Waals surface area contributed by atoms with E-state index in [9.17, 15) is 0 Å². The summed E-state index contributed by atoms with van der Waals surface area (Å²) >= 11 is 0. The van der Waals surface area contributed by atoms with Gasteiger partial charge in [0, 0.05) is 33.9 Å². The first-order valence-corrected chi connectivity index (χ1v) is 6.32. The molecule has 0 bridgehead atoms. The predicted molar refractivity (Wildman–Crippen MR) is 63.6 cm³/mol. The molecule has 2 rings (SSSR count). The summed E-state index contributed by atoms with van der Waals surface area (Å²) in [5.41, 5.74) is 0. The highest BCUT2D eigenvalue weighted by molar-refractivity contribution is 4.87. The summed E-state index contributed by atoms with van der Waals surface area (Å²) in [5, 5.41) is 3.47. The molecule has 1 unspecified atom stereocenters. The van der Waals surface area contributed by atoms with Gasteiger partial charge in [-0.3, -0.25) is 4.90 Å². The van der Waals surface area contributed by atoms with E-state index in [1.807, 2.05) is 0 Å². The topological polar surface area (TPSA) is 33.7 Å². The predicted octanol–water partition coefficient (Wildman–Crippen LogP) is 0.332. The second-order valence-corrected chi connectivity index (χ2v) is 4.98. The van der Waals surface area contributed by atoms with Gasteiger partial charge in [-0.1, -0.05) is 0 Å². The molecule has 16 heavy (non-hydrogen) atoms. The van der Waals surface area contributed by atoms with Crippen molar-refractivity contribution in [3.63, 3.8) is 0 Å². The van der Waals surface area contributed by atoms with Gasteiger partial charge in [0.1, 0.15) is 0 Å². The number of piperidine rings is 1. The molecule has 2 heterocycles. The molecule has 0 aromatic rings. The molecule has 94 valence electrons. The minimum Gasteiger partial charge on any atom is -0.377 e. The summed E-state index contributed by atoms with van der Waals surface area (Å²) in [7, 11) is 3.56. The van der Waals surface area contributed by atoms with Crippen LogP contribution in [-0.2, 0) is 9.47 Å². The molecular weight excluding hydrogens is 204 g/mol. The molecule has 2 aliphatic heterocycles. The molecule has 2 fully saturated rings. The Morgan fingerprint density at radius 3 is 2.38 bits per heavy atom. The van der Waals surface area contributed by atoms with Crippen LogP contribution >= 0.6 is 0 Å². The van der Waals surface area contributed by atoms with E-state index in [1.165, 1.54) is 32.5 Å². The quantitative estimate of drug-likeness (QED) is 0.752. The molecule has 0 amide bonds. The van der Waals surface area contributed by atoms with Crippen molar-refractivity contribution in [3.05, 3.63) is 0 Å². The Labute approximate surface area is 98.3 Å². The first-order valence-electron chi connectivity index (χ1n) is 6.32. The third-order valence-corrected chi connectivity index (χ3v) is 3.81. The summed E-state index contributed by atoms with van der Waals surface area (Å²) in [6, 6.07) is 0. The Balaban J connectivity index is 1.78. The largest absolute Gasteiger partial charge is 0.377 e. The first-order chi connectivity index (χ1) is 7.83. The second-order valence-electron chi connectivity index (χ2n) is 4.98. The van der Waals surface area contributed by atoms with Crippen LogP contribution in [0.25, 0.3) is 0 Å². The molecule has 1 N–H and O–H groups in total. The average molecular weight is 228 g/mol. The van der Waals surface area contributed by atoms with E-state index in [2.05, 4.69) is 10.2 Å². The van der Waals surface area contributed by atoms with Crippen molar-refractivity contribution >= 4 is 0 Å². The molecule has 0 aliphatic carbocycles. The van der Waals surface area contributed by atoms with Gasteiger partial charge in [-0.25, -0.2) is 0 Å². The minimum atomic E-state index is 0.251. The van der Waals surface area contributed by atoms with Crippen molar-refractivity contribution in [3.8, 4) is 0 Å². The zero-order valence-corrected chi connectivity index (χ0v) is 10.4. The maximum atomic E-state index is 5.45. The Hall–Kier alpha value is -0.160. The molecular formula is C12H24N2O2. The third kappa shape index (κ3) is 2.94. The molecule has 2 saturated heterocycles. The number of likely N-dealkylation sites (tertiary alicyclic amines) is 1. The molecule has 0 aromatic carbocycles. The first kappa shape index (κ1) is 12.3. The van der Waals surface area contributed by atoms with Gasteiger partial charge in [-0.2, -0.15) is 0 Å². The monoisotopic (exact) mass is 228 g/mol. The van der Waals surface area contributed by atoms with Crippen LogP contribution < -0.4 is 5.32 Å². The van der Waals surface area contributed by atoms with Crippen molar-refractivity contribution in [1.29, 1.82) is 0 Å². The fourth-order valence-electron chi connectivity index (χ4n) is 2.87. The number of nitrogens with one attached hydrogen (secondary N) is 1. The fraction of sp³-hybridized carbons (Fsp3) is 1.00. The van der Waals surface area contributed by atoms with Gasteiger partial charge in [-0.05, 0) is 31.8 Å². The number of nitrogens with zero attached hydrogens (tertiary/aromatic N) is 1. The normalized spacial score (nSPS) is 36.8. The van der Waals surface area contributed by atoms with Gasteiger partial charge in [0.15, 0.2) is 0 Å². The van der Waals surface area contributed by atoms with Crippen molar-refractivity contribution in [2.24, 2.45) is 5.92 Å². The number of rotatable bonds is 4. The highest BCUT2D eigenvalue weighted by Gasteiger charge is 2.33. The third-order valence-electron chi connectivity index (χ3n) is 3.81. The molecule has 0 radical (unpaired) electrons. The van der Waals surface area contributed by atoms with Crippen LogP contribution in [-0.4, -0.2) is 64.1 Å². The number of methoxy groups -OCH3 is 2. The average Bonchev–Trinajstić information content (AvgIpc) is 2.72. The van der Waals surface area contributed by atoms with Crippen LogP contribution in [0, 0.1) is 5.92 Å². The highest BCUT2D eigenvalue weighted by Crippen LogP contribution is 2.19. The lowest BCUT2D eigenvalue weighted by Crippen LogP contribution is -2.38. The summed E-state index contributed by atoms with van der Waals surface area (Å²) < 4.78 is 10.9. The van der Waals surface area contributed by atoms with E-state index in [0.29, 0.717) is 0 Å². The van der Waals surface area contributed by atoms with E-state index in [4.69, 9.17) is 9.47 Å². The molecule has 0 spiro atoms. The lowest BCUT2D eigenvalue weighted by molar-refractivity contribution is -0.00461. The van der Waals surface area contributed by atoms with Crippen LogP contribution in [0.2, 0.25) is 0 Å². The van der Waals surface area contributed by atoms with E-state index in [0.717, 1.165) is 19.0 Å². The van der Waals surface area contributed by atoms with Crippen LogP contribution in [0.5, 0.6) is 0 Å². The van der Waals surface area contributed by atoms with E-state index in [-0.39, 0.29) is 12.2 Å². The summed E-state index contributed by atoms with van der Waals surface area (Å²) in [6.45, 7) is 5.59. The molecule has 4 heteroatoms. The number of hydrogen-bond acceptors (Lipinski definition) is 4. The van der Waals surface area contributed by atoms with E-state index in [1.54, 1.807) is 14.2 Å².